The van der Waals surface area contributed by atoms with Crippen LogP contribution in [0.4, 0.5) is 10.1 Å². The summed E-state index contributed by atoms with van der Waals surface area (Å²) in [5.74, 6) is -1.64. The Balaban J connectivity index is 1.72. The highest BCUT2D eigenvalue weighted by molar-refractivity contribution is 7.92. The molecule has 40 heavy (non-hydrogen) atoms. The summed E-state index contributed by atoms with van der Waals surface area (Å²) in [5, 5.41) is 3.09. The summed E-state index contributed by atoms with van der Waals surface area (Å²) >= 11 is 0. The van der Waals surface area contributed by atoms with Crippen LogP contribution in [0, 0.1) is 12.7 Å². The summed E-state index contributed by atoms with van der Waals surface area (Å²) < 4.78 is 43.3. The summed E-state index contributed by atoms with van der Waals surface area (Å²) in [6.45, 7) is 3.20. The summed E-state index contributed by atoms with van der Waals surface area (Å²) in [6.07, 6.45) is 4.21. The predicted octanol–water partition coefficient (Wildman–Crippen LogP) is 5.20. The van der Waals surface area contributed by atoms with E-state index in [1.165, 1.54) is 35.2 Å². The molecule has 1 aliphatic rings. The number of halogens is 1. The number of nitrogens with one attached hydrogen (secondary N) is 1. The third-order valence-corrected chi connectivity index (χ3v) is 9.03. The maximum Gasteiger partial charge on any atom is 0.264 e. The van der Waals surface area contributed by atoms with Crippen molar-refractivity contribution in [2.45, 2.75) is 69.5 Å². The van der Waals surface area contributed by atoms with Crippen molar-refractivity contribution in [1.82, 2.24) is 10.2 Å². The SMILES string of the molecule is CC[C@@H](C(=O)NC1CCCC1)N(Cc1cccc(C)c1)C(=O)CN(c1ccccc1F)S(=O)(=O)c1ccccc1. The van der Waals surface area contributed by atoms with Crippen molar-refractivity contribution in [2.24, 2.45) is 0 Å². The Morgan fingerprint density at radius 1 is 0.975 bits per heavy atom. The summed E-state index contributed by atoms with van der Waals surface area (Å²) in [6, 6.07) is 19.9. The van der Waals surface area contributed by atoms with Gasteiger partial charge in [-0.1, -0.05) is 79.9 Å². The number of amides is 2. The molecule has 1 N–H and O–H groups in total. The Morgan fingerprint density at radius 3 is 2.30 bits per heavy atom. The first-order valence-corrected chi connectivity index (χ1v) is 15.1. The van der Waals surface area contributed by atoms with Crippen molar-refractivity contribution < 1.29 is 22.4 Å². The van der Waals surface area contributed by atoms with Crippen LogP contribution in [0.3, 0.4) is 0 Å². The molecule has 0 heterocycles. The lowest BCUT2D eigenvalue weighted by Gasteiger charge is -2.34. The fourth-order valence-corrected chi connectivity index (χ4v) is 6.62. The minimum absolute atomic E-state index is 0.0610. The summed E-state index contributed by atoms with van der Waals surface area (Å²) in [5.41, 5.74) is 1.57. The summed E-state index contributed by atoms with van der Waals surface area (Å²) in [7, 11) is -4.31. The second kappa shape index (κ2) is 13.1. The number of anilines is 1. The van der Waals surface area contributed by atoms with Crippen molar-refractivity contribution in [3.05, 3.63) is 95.8 Å². The van der Waals surface area contributed by atoms with Crippen molar-refractivity contribution >= 4 is 27.5 Å². The fourth-order valence-electron chi connectivity index (χ4n) is 5.18. The van der Waals surface area contributed by atoms with Gasteiger partial charge < -0.3 is 10.2 Å². The Bertz CT molecular complexity index is 1430. The van der Waals surface area contributed by atoms with Gasteiger partial charge in [0, 0.05) is 12.6 Å². The molecular weight excluding hydrogens is 529 g/mol. The van der Waals surface area contributed by atoms with E-state index in [0.717, 1.165) is 47.2 Å². The maximum atomic E-state index is 15.0. The van der Waals surface area contributed by atoms with Crippen molar-refractivity contribution in [3.63, 3.8) is 0 Å². The second-order valence-electron chi connectivity index (χ2n) is 10.2. The fraction of sp³-hybridized carbons (Fsp3) is 0.355. The van der Waals surface area contributed by atoms with Gasteiger partial charge in [-0.25, -0.2) is 12.8 Å². The molecule has 2 amide bonds. The Kier molecular flexibility index (Phi) is 9.58. The molecule has 7 nitrogen and oxygen atoms in total. The van der Waals surface area contributed by atoms with E-state index in [1.54, 1.807) is 18.2 Å². The van der Waals surface area contributed by atoms with Crippen LogP contribution in [0.15, 0.2) is 83.8 Å². The van der Waals surface area contributed by atoms with Gasteiger partial charge in [0.2, 0.25) is 11.8 Å². The largest absolute Gasteiger partial charge is 0.352 e. The third kappa shape index (κ3) is 6.88. The zero-order valence-electron chi connectivity index (χ0n) is 22.9. The van der Waals surface area contributed by atoms with Gasteiger partial charge in [-0.3, -0.25) is 13.9 Å². The molecule has 1 aliphatic carbocycles. The smallest absolute Gasteiger partial charge is 0.264 e. The minimum atomic E-state index is -4.31. The number of rotatable bonds is 11. The van der Waals surface area contributed by atoms with Gasteiger partial charge in [0.05, 0.1) is 10.6 Å². The lowest BCUT2D eigenvalue weighted by molar-refractivity contribution is -0.140. The van der Waals surface area contributed by atoms with E-state index in [-0.39, 0.29) is 29.1 Å². The van der Waals surface area contributed by atoms with Crippen LogP contribution >= 0.6 is 0 Å². The van der Waals surface area contributed by atoms with Crippen LogP contribution in [0.5, 0.6) is 0 Å². The number of carbonyl (C=O) groups is 2. The highest BCUT2D eigenvalue weighted by Gasteiger charge is 2.35. The van der Waals surface area contributed by atoms with E-state index in [9.17, 15) is 18.0 Å². The molecule has 0 saturated heterocycles. The van der Waals surface area contributed by atoms with Gasteiger partial charge in [-0.2, -0.15) is 0 Å². The molecule has 1 fully saturated rings. The standard InChI is InChI=1S/C31H36FN3O4S/c1-3-28(31(37)33-25-14-7-8-15-25)34(21-24-13-11-12-23(2)20-24)30(36)22-35(29-19-10-9-18-27(29)32)40(38,39)26-16-5-4-6-17-26/h4-6,9-13,16-20,25,28H,3,7-8,14-15,21-22H2,1-2H3,(H,33,37)/t28-/m0/s1. The van der Waals surface area contributed by atoms with Gasteiger partial charge in [-0.15, -0.1) is 0 Å². The molecule has 4 rings (SSSR count). The zero-order chi connectivity index (χ0) is 28.7. The first-order chi connectivity index (χ1) is 19.2. The lowest BCUT2D eigenvalue weighted by atomic mass is 10.1. The van der Waals surface area contributed by atoms with Gasteiger partial charge in [0.25, 0.3) is 10.0 Å². The quantitative estimate of drug-likeness (QED) is 0.347. The number of hydrogen-bond donors (Lipinski definition) is 1. The average molecular weight is 566 g/mol. The topological polar surface area (TPSA) is 86.8 Å². The molecule has 0 bridgehead atoms. The molecular formula is C31H36FN3O4S. The summed E-state index contributed by atoms with van der Waals surface area (Å²) in [4.78, 5) is 28.9. The van der Waals surface area contributed by atoms with Gasteiger partial charge >= 0.3 is 0 Å². The minimum Gasteiger partial charge on any atom is -0.352 e. The molecule has 212 valence electrons. The van der Waals surface area contributed by atoms with Crippen LogP contribution in [-0.2, 0) is 26.2 Å². The van der Waals surface area contributed by atoms with E-state index in [2.05, 4.69) is 5.32 Å². The lowest BCUT2D eigenvalue weighted by Crippen LogP contribution is -2.53. The highest BCUT2D eigenvalue weighted by atomic mass is 32.2. The molecule has 3 aromatic carbocycles. The third-order valence-electron chi connectivity index (χ3n) is 7.25. The Labute approximate surface area is 236 Å². The normalized spacial score (nSPS) is 14.5. The van der Waals surface area contributed by atoms with E-state index in [4.69, 9.17) is 0 Å². The zero-order valence-corrected chi connectivity index (χ0v) is 23.7. The van der Waals surface area contributed by atoms with Crippen molar-refractivity contribution in [2.75, 3.05) is 10.8 Å². The molecule has 9 heteroatoms. The van der Waals surface area contributed by atoms with Gasteiger partial charge in [0.1, 0.15) is 18.4 Å². The molecule has 0 unspecified atom stereocenters. The van der Waals surface area contributed by atoms with Crippen LogP contribution in [0.1, 0.15) is 50.2 Å². The number of benzene rings is 3. The second-order valence-corrected chi connectivity index (χ2v) is 12.1. The van der Waals surface area contributed by atoms with Crippen molar-refractivity contribution in [1.29, 1.82) is 0 Å². The molecule has 0 aliphatic heterocycles. The van der Waals surface area contributed by atoms with E-state index < -0.39 is 34.3 Å². The van der Waals surface area contributed by atoms with E-state index in [0.29, 0.717) is 6.42 Å². The highest BCUT2D eigenvalue weighted by Crippen LogP contribution is 2.27. The van der Waals surface area contributed by atoms with Gasteiger partial charge in [0.15, 0.2) is 0 Å². The van der Waals surface area contributed by atoms with Crippen LogP contribution in [0.2, 0.25) is 0 Å². The van der Waals surface area contributed by atoms with Crippen LogP contribution in [-0.4, -0.2) is 43.8 Å². The first-order valence-electron chi connectivity index (χ1n) is 13.7. The van der Waals surface area contributed by atoms with Crippen LogP contribution < -0.4 is 9.62 Å². The number of nitrogens with zero attached hydrogens (tertiary/aromatic N) is 2. The Hall–Kier alpha value is -3.72. The monoisotopic (exact) mass is 565 g/mol. The number of carbonyl (C=O) groups excluding carboxylic acids is 2. The van der Waals surface area contributed by atoms with Gasteiger partial charge in [-0.05, 0) is 56.0 Å². The average Bonchev–Trinajstić information content (AvgIpc) is 3.45. The predicted molar refractivity (Wildman–Crippen MR) is 154 cm³/mol. The maximum absolute atomic E-state index is 15.0. The molecule has 1 saturated carbocycles. The van der Waals surface area contributed by atoms with E-state index in [1.807, 2.05) is 38.1 Å². The first kappa shape index (κ1) is 29.3. The number of aryl methyl sites for hydroxylation is 1. The number of sulfonamides is 1. The van der Waals surface area contributed by atoms with Crippen molar-refractivity contribution in [3.8, 4) is 0 Å². The van der Waals surface area contributed by atoms with Crippen LogP contribution in [0.25, 0.3) is 0 Å². The molecule has 0 aromatic heterocycles. The molecule has 0 spiro atoms. The molecule has 0 radical (unpaired) electrons. The molecule has 1 atom stereocenters. The number of para-hydroxylation sites is 1. The van der Waals surface area contributed by atoms with E-state index >= 15 is 4.39 Å². The number of hydrogen-bond acceptors (Lipinski definition) is 4. The molecule has 3 aromatic rings. The Morgan fingerprint density at radius 2 is 1.65 bits per heavy atom.